The van der Waals surface area contributed by atoms with Gasteiger partial charge in [-0.3, -0.25) is 4.79 Å². The second-order valence-electron chi connectivity index (χ2n) is 7.32. The Morgan fingerprint density at radius 2 is 1.77 bits per heavy atom. The van der Waals surface area contributed by atoms with E-state index in [0.29, 0.717) is 35.2 Å². The summed E-state index contributed by atoms with van der Waals surface area (Å²) in [5.74, 6) is -0.0803. The van der Waals surface area contributed by atoms with Gasteiger partial charge in [-0.25, -0.2) is 0 Å². The zero-order valence-corrected chi connectivity index (χ0v) is 19.2. The summed E-state index contributed by atoms with van der Waals surface area (Å²) in [4.78, 5) is 15.2. The van der Waals surface area contributed by atoms with Gasteiger partial charge in [0.25, 0.3) is 5.91 Å². The number of nitrogens with zero attached hydrogens (tertiary/aromatic N) is 2. The lowest BCUT2D eigenvalue weighted by atomic mass is 10.1. The van der Waals surface area contributed by atoms with E-state index in [9.17, 15) is 4.79 Å². The summed E-state index contributed by atoms with van der Waals surface area (Å²) in [6, 6.07) is 16.9. The van der Waals surface area contributed by atoms with Crippen molar-refractivity contribution in [2.45, 2.75) is 39.3 Å². The fraction of sp³-hybridized carbons (Fsp3) is 0.292. The van der Waals surface area contributed by atoms with Crippen LogP contribution in [0.4, 0.5) is 0 Å². The Balaban J connectivity index is 1.81. The third-order valence-corrected chi connectivity index (χ3v) is 5.78. The van der Waals surface area contributed by atoms with Crippen LogP contribution in [-0.4, -0.2) is 21.9 Å². The maximum Gasteiger partial charge on any atom is 0.255 e. The number of rotatable bonds is 9. The van der Waals surface area contributed by atoms with Crippen molar-refractivity contribution in [1.82, 2.24) is 9.47 Å². The molecule has 158 valence electrons. The van der Waals surface area contributed by atoms with Gasteiger partial charge >= 0.3 is 0 Å². The normalized spacial score (nSPS) is 10.9. The van der Waals surface area contributed by atoms with E-state index in [0.717, 1.165) is 35.5 Å². The van der Waals surface area contributed by atoms with Crippen LogP contribution >= 0.6 is 34.8 Å². The van der Waals surface area contributed by atoms with Gasteiger partial charge in [0.15, 0.2) is 0 Å². The van der Waals surface area contributed by atoms with Crippen molar-refractivity contribution in [3.8, 4) is 0 Å². The van der Waals surface area contributed by atoms with Crippen molar-refractivity contribution in [3.63, 3.8) is 0 Å². The molecule has 0 aliphatic heterocycles. The molecule has 1 amide bonds. The molecule has 0 radical (unpaired) electrons. The molecule has 1 heterocycles. The quantitative estimate of drug-likeness (QED) is 0.305. The molecule has 0 aliphatic rings. The van der Waals surface area contributed by atoms with Crippen LogP contribution in [0.1, 0.15) is 47.8 Å². The van der Waals surface area contributed by atoms with Gasteiger partial charge in [0, 0.05) is 35.0 Å². The van der Waals surface area contributed by atoms with Gasteiger partial charge < -0.3 is 9.47 Å². The molecular formula is C24H25Cl3N2O. The Bertz CT molecular complexity index is 1000. The minimum atomic E-state index is -0.0803. The van der Waals surface area contributed by atoms with Gasteiger partial charge in [-0.2, -0.15) is 0 Å². The number of aromatic nitrogens is 1. The molecule has 0 bridgehead atoms. The predicted molar refractivity (Wildman–Crippen MR) is 126 cm³/mol. The zero-order chi connectivity index (χ0) is 21.5. The van der Waals surface area contributed by atoms with E-state index >= 15 is 0 Å². The molecule has 3 rings (SSSR count). The van der Waals surface area contributed by atoms with Crippen molar-refractivity contribution < 1.29 is 4.79 Å². The number of hydrogen-bond donors (Lipinski definition) is 0. The summed E-state index contributed by atoms with van der Waals surface area (Å²) < 4.78 is 2.15. The maximum absolute atomic E-state index is 13.3. The largest absolute Gasteiger partial charge is 0.345 e. The molecule has 0 fully saturated rings. The van der Waals surface area contributed by atoms with E-state index in [2.05, 4.69) is 11.5 Å². The maximum atomic E-state index is 13.3. The third-order valence-electron chi connectivity index (χ3n) is 5.00. The van der Waals surface area contributed by atoms with Gasteiger partial charge in [0.2, 0.25) is 0 Å². The lowest BCUT2D eigenvalue weighted by molar-refractivity contribution is 0.0736. The molecule has 1 aromatic heterocycles. The Labute approximate surface area is 193 Å². The number of halogens is 3. The molecule has 0 atom stereocenters. The van der Waals surface area contributed by atoms with Crippen LogP contribution in [0.2, 0.25) is 15.1 Å². The van der Waals surface area contributed by atoms with Crippen molar-refractivity contribution in [1.29, 1.82) is 0 Å². The van der Waals surface area contributed by atoms with Crippen LogP contribution in [0.15, 0.2) is 60.8 Å². The van der Waals surface area contributed by atoms with Crippen LogP contribution in [0, 0.1) is 0 Å². The van der Waals surface area contributed by atoms with Crippen molar-refractivity contribution >= 4 is 40.7 Å². The molecule has 0 unspecified atom stereocenters. The second-order valence-corrected chi connectivity index (χ2v) is 8.60. The number of amides is 1. The third kappa shape index (κ3) is 6.04. The first-order chi connectivity index (χ1) is 14.5. The number of unbranched alkanes of at least 4 members (excludes halogenated alkanes) is 2. The molecular weight excluding hydrogens is 439 g/mol. The zero-order valence-electron chi connectivity index (χ0n) is 17.0. The topological polar surface area (TPSA) is 25.2 Å². The van der Waals surface area contributed by atoms with E-state index in [1.165, 1.54) is 0 Å². The summed E-state index contributed by atoms with van der Waals surface area (Å²) in [6.45, 7) is 4.03. The second kappa shape index (κ2) is 10.9. The van der Waals surface area contributed by atoms with Crippen LogP contribution < -0.4 is 0 Å². The molecule has 0 saturated carbocycles. The first-order valence-electron chi connectivity index (χ1n) is 10.1. The summed E-state index contributed by atoms with van der Waals surface area (Å²) in [5, 5.41) is 1.61. The van der Waals surface area contributed by atoms with Gasteiger partial charge in [0.05, 0.1) is 17.1 Å². The minimum absolute atomic E-state index is 0.0803. The summed E-state index contributed by atoms with van der Waals surface area (Å²) in [6.07, 6.45) is 5.14. The van der Waals surface area contributed by atoms with Crippen LogP contribution in [0.5, 0.6) is 0 Å². The molecule has 0 spiro atoms. The van der Waals surface area contributed by atoms with E-state index in [1.54, 1.807) is 18.2 Å². The Morgan fingerprint density at radius 3 is 2.50 bits per heavy atom. The highest BCUT2D eigenvalue weighted by Gasteiger charge is 2.20. The Kier molecular flexibility index (Phi) is 8.26. The number of carbonyl (C=O) groups is 1. The Hall–Kier alpha value is -1.94. The molecule has 30 heavy (non-hydrogen) atoms. The van der Waals surface area contributed by atoms with E-state index in [1.807, 2.05) is 47.5 Å². The van der Waals surface area contributed by atoms with Crippen molar-refractivity contribution in [3.05, 3.63) is 92.7 Å². The van der Waals surface area contributed by atoms with Gasteiger partial charge in [-0.1, -0.05) is 66.7 Å². The summed E-state index contributed by atoms with van der Waals surface area (Å²) >= 11 is 18.5. The highest BCUT2D eigenvalue weighted by molar-refractivity contribution is 6.36. The first-order valence-corrected chi connectivity index (χ1v) is 11.2. The standard InChI is InChI=1S/C24H25Cl3N2O/c1-2-3-4-12-29(24(30)22-11-10-20(26)15-23(22)27)17-21-9-6-13-28(21)16-18-7-5-8-19(25)14-18/h5-11,13-15H,2-4,12,16-17H2,1H3. The first kappa shape index (κ1) is 22.7. The molecule has 0 aliphatic carbocycles. The predicted octanol–water partition coefficient (Wildman–Crippen LogP) is 7.33. The SMILES string of the molecule is CCCCCN(Cc1cccn1Cc1cccc(Cl)c1)C(=O)c1ccc(Cl)cc1Cl. The molecule has 0 saturated heterocycles. The summed E-state index contributed by atoms with van der Waals surface area (Å²) in [7, 11) is 0. The molecule has 6 heteroatoms. The number of carbonyl (C=O) groups excluding carboxylic acids is 1. The van der Waals surface area contributed by atoms with E-state index in [4.69, 9.17) is 34.8 Å². The Morgan fingerprint density at radius 1 is 0.967 bits per heavy atom. The van der Waals surface area contributed by atoms with Gasteiger partial charge in [-0.05, 0) is 54.4 Å². The van der Waals surface area contributed by atoms with Crippen molar-refractivity contribution in [2.24, 2.45) is 0 Å². The fourth-order valence-electron chi connectivity index (χ4n) is 3.41. The minimum Gasteiger partial charge on any atom is -0.345 e. The molecule has 3 nitrogen and oxygen atoms in total. The lowest BCUT2D eigenvalue weighted by Gasteiger charge is -2.24. The summed E-state index contributed by atoms with van der Waals surface area (Å²) in [5.41, 5.74) is 2.65. The lowest BCUT2D eigenvalue weighted by Crippen LogP contribution is -2.32. The van der Waals surface area contributed by atoms with Crippen LogP contribution in [0.25, 0.3) is 0 Å². The monoisotopic (exact) mass is 462 g/mol. The number of benzene rings is 2. The molecule has 2 aromatic carbocycles. The number of hydrogen-bond acceptors (Lipinski definition) is 1. The average Bonchev–Trinajstić information content (AvgIpc) is 3.13. The fourth-order valence-corrected chi connectivity index (χ4v) is 4.12. The highest BCUT2D eigenvalue weighted by Crippen LogP contribution is 2.24. The molecule has 0 N–H and O–H groups in total. The van der Waals surface area contributed by atoms with E-state index < -0.39 is 0 Å². The van der Waals surface area contributed by atoms with Crippen molar-refractivity contribution in [2.75, 3.05) is 6.54 Å². The average molecular weight is 464 g/mol. The van der Waals surface area contributed by atoms with E-state index in [-0.39, 0.29) is 5.91 Å². The van der Waals surface area contributed by atoms with Gasteiger partial charge in [-0.15, -0.1) is 0 Å². The highest BCUT2D eigenvalue weighted by atomic mass is 35.5. The van der Waals surface area contributed by atoms with Crippen LogP contribution in [-0.2, 0) is 13.1 Å². The van der Waals surface area contributed by atoms with Gasteiger partial charge in [0.1, 0.15) is 0 Å². The van der Waals surface area contributed by atoms with Crippen LogP contribution in [0.3, 0.4) is 0 Å². The molecule has 3 aromatic rings. The smallest absolute Gasteiger partial charge is 0.255 e.